The number of hydrogen-bond donors (Lipinski definition) is 2. The molecule has 20 heavy (non-hydrogen) atoms. The Balaban J connectivity index is 2.09. The average molecular weight is 273 g/mol. The number of carbonyl (C=O) groups excluding carboxylic acids is 1. The van der Waals surface area contributed by atoms with Gasteiger partial charge >= 0.3 is 0 Å². The molecule has 1 unspecified atom stereocenters. The van der Waals surface area contributed by atoms with Gasteiger partial charge in [-0.2, -0.15) is 0 Å². The van der Waals surface area contributed by atoms with Gasteiger partial charge in [0, 0.05) is 24.2 Å². The van der Waals surface area contributed by atoms with Gasteiger partial charge in [0.05, 0.1) is 19.3 Å². The van der Waals surface area contributed by atoms with E-state index >= 15 is 0 Å². The number of aliphatic hydroxyl groups is 1. The molecule has 4 nitrogen and oxygen atoms in total. The topological polar surface area (TPSA) is 58.6 Å². The number of amides is 1. The highest BCUT2D eigenvalue weighted by molar-refractivity contribution is 5.94. The SMILES string of the molecule is Cc1ccc(C(=O)NC2CCOC2)cc1C#CCCO. The highest BCUT2D eigenvalue weighted by atomic mass is 16.5. The maximum Gasteiger partial charge on any atom is 0.251 e. The minimum Gasteiger partial charge on any atom is -0.395 e. The van der Waals surface area contributed by atoms with Gasteiger partial charge in [-0.3, -0.25) is 4.79 Å². The number of rotatable bonds is 3. The largest absolute Gasteiger partial charge is 0.395 e. The molecule has 106 valence electrons. The van der Waals surface area contributed by atoms with Crippen LogP contribution in [0.5, 0.6) is 0 Å². The fourth-order valence-electron chi connectivity index (χ4n) is 2.03. The Morgan fingerprint density at radius 1 is 1.55 bits per heavy atom. The highest BCUT2D eigenvalue weighted by Crippen LogP contribution is 2.11. The summed E-state index contributed by atoms with van der Waals surface area (Å²) in [5.74, 6) is 5.78. The lowest BCUT2D eigenvalue weighted by molar-refractivity contribution is 0.0930. The van der Waals surface area contributed by atoms with Crippen LogP contribution >= 0.6 is 0 Å². The standard InChI is InChI=1S/C16H19NO3/c1-12-5-6-14(10-13(12)4-2-3-8-18)16(19)17-15-7-9-20-11-15/h5-6,10,15,18H,3,7-9,11H2,1H3,(H,17,19). The van der Waals surface area contributed by atoms with Crippen molar-refractivity contribution in [3.05, 3.63) is 34.9 Å². The summed E-state index contributed by atoms with van der Waals surface area (Å²) in [6.45, 7) is 3.29. The van der Waals surface area contributed by atoms with Gasteiger partial charge in [0.2, 0.25) is 0 Å². The van der Waals surface area contributed by atoms with E-state index in [0.29, 0.717) is 25.2 Å². The molecule has 1 aliphatic heterocycles. The fraction of sp³-hybridized carbons (Fsp3) is 0.438. The quantitative estimate of drug-likeness (QED) is 0.815. The molecule has 0 bridgehead atoms. The first-order valence-corrected chi connectivity index (χ1v) is 6.79. The summed E-state index contributed by atoms with van der Waals surface area (Å²) < 4.78 is 5.24. The van der Waals surface area contributed by atoms with Crippen molar-refractivity contribution in [1.82, 2.24) is 5.32 Å². The number of ether oxygens (including phenoxy) is 1. The van der Waals surface area contributed by atoms with E-state index in [2.05, 4.69) is 17.2 Å². The Morgan fingerprint density at radius 2 is 2.40 bits per heavy atom. The molecule has 1 atom stereocenters. The van der Waals surface area contributed by atoms with Crippen LogP contribution in [0.2, 0.25) is 0 Å². The second kappa shape index (κ2) is 7.09. The molecule has 1 aliphatic rings. The minimum atomic E-state index is -0.0919. The maximum absolute atomic E-state index is 12.1. The average Bonchev–Trinajstić information content (AvgIpc) is 2.94. The zero-order valence-corrected chi connectivity index (χ0v) is 11.6. The lowest BCUT2D eigenvalue weighted by atomic mass is 10.0. The molecule has 0 saturated carbocycles. The Hall–Kier alpha value is -1.83. The summed E-state index contributed by atoms with van der Waals surface area (Å²) in [6, 6.07) is 5.60. The molecule has 1 aromatic carbocycles. The van der Waals surface area contributed by atoms with Crippen LogP contribution in [0.3, 0.4) is 0 Å². The lowest BCUT2D eigenvalue weighted by Gasteiger charge is -2.11. The third-order valence-corrected chi connectivity index (χ3v) is 3.22. The van der Waals surface area contributed by atoms with Gasteiger partial charge in [-0.05, 0) is 31.0 Å². The van der Waals surface area contributed by atoms with Crippen molar-refractivity contribution >= 4 is 5.91 Å². The number of benzene rings is 1. The van der Waals surface area contributed by atoms with E-state index < -0.39 is 0 Å². The predicted octanol–water partition coefficient (Wildman–Crippen LogP) is 1.25. The maximum atomic E-state index is 12.1. The van der Waals surface area contributed by atoms with E-state index in [4.69, 9.17) is 9.84 Å². The van der Waals surface area contributed by atoms with E-state index in [1.54, 1.807) is 12.1 Å². The molecular weight excluding hydrogens is 254 g/mol. The van der Waals surface area contributed by atoms with Crippen LogP contribution in [-0.2, 0) is 4.74 Å². The van der Waals surface area contributed by atoms with E-state index in [0.717, 1.165) is 17.5 Å². The summed E-state index contributed by atoms with van der Waals surface area (Å²) in [7, 11) is 0. The van der Waals surface area contributed by atoms with Gasteiger partial charge in [-0.25, -0.2) is 0 Å². The van der Waals surface area contributed by atoms with Crippen molar-refractivity contribution < 1.29 is 14.6 Å². The van der Waals surface area contributed by atoms with Gasteiger partial charge < -0.3 is 15.2 Å². The molecule has 2 rings (SSSR count). The van der Waals surface area contributed by atoms with Gasteiger partial charge in [0.15, 0.2) is 0 Å². The summed E-state index contributed by atoms with van der Waals surface area (Å²) >= 11 is 0. The van der Waals surface area contributed by atoms with Gasteiger partial charge in [-0.15, -0.1) is 0 Å². The van der Waals surface area contributed by atoms with Crippen molar-refractivity contribution in [2.75, 3.05) is 19.8 Å². The Kier molecular flexibility index (Phi) is 5.16. The van der Waals surface area contributed by atoms with E-state index in [1.807, 2.05) is 13.0 Å². The first-order chi connectivity index (χ1) is 9.70. The summed E-state index contributed by atoms with van der Waals surface area (Å²) in [6.07, 6.45) is 1.30. The summed E-state index contributed by atoms with van der Waals surface area (Å²) in [5, 5.41) is 11.7. The molecule has 1 aromatic rings. The Labute approximate surface area is 119 Å². The lowest BCUT2D eigenvalue weighted by Crippen LogP contribution is -2.35. The van der Waals surface area contributed by atoms with Gasteiger partial charge in [0.1, 0.15) is 0 Å². The third kappa shape index (κ3) is 3.83. The molecule has 0 spiro atoms. The molecule has 2 N–H and O–H groups in total. The van der Waals surface area contributed by atoms with Gasteiger partial charge in [-0.1, -0.05) is 17.9 Å². The molecule has 0 radical (unpaired) electrons. The first kappa shape index (κ1) is 14.6. The number of aryl methyl sites for hydroxylation is 1. The minimum absolute atomic E-state index is 0.0495. The van der Waals surface area contributed by atoms with Crippen LogP contribution in [0, 0.1) is 18.8 Å². The van der Waals surface area contributed by atoms with Crippen LogP contribution in [0.4, 0.5) is 0 Å². The van der Waals surface area contributed by atoms with Crippen molar-refractivity contribution in [2.45, 2.75) is 25.8 Å². The van der Waals surface area contributed by atoms with E-state index in [-0.39, 0.29) is 18.6 Å². The van der Waals surface area contributed by atoms with Gasteiger partial charge in [0.25, 0.3) is 5.91 Å². The number of carbonyl (C=O) groups is 1. The molecule has 0 aromatic heterocycles. The zero-order valence-electron chi connectivity index (χ0n) is 11.6. The van der Waals surface area contributed by atoms with Crippen LogP contribution in [0.15, 0.2) is 18.2 Å². The monoisotopic (exact) mass is 273 g/mol. The van der Waals surface area contributed by atoms with Crippen molar-refractivity contribution in [2.24, 2.45) is 0 Å². The Bertz CT molecular complexity index is 536. The molecule has 4 heteroatoms. The summed E-state index contributed by atoms with van der Waals surface area (Å²) in [5.41, 5.74) is 2.46. The van der Waals surface area contributed by atoms with Crippen molar-refractivity contribution in [1.29, 1.82) is 0 Å². The predicted molar refractivity (Wildman–Crippen MR) is 76.5 cm³/mol. The van der Waals surface area contributed by atoms with Crippen molar-refractivity contribution in [3.8, 4) is 11.8 Å². The smallest absolute Gasteiger partial charge is 0.251 e. The number of aliphatic hydroxyl groups excluding tert-OH is 1. The second-order valence-corrected chi connectivity index (χ2v) is 4.84. The molecule has 1 saturated heterocycles. The highest BCUT2D eigenvalue weighted by Gasteiger charge is 2.18. The normalized spacial score (nSPS) is 17.4. The molecule has 0 aliphatic carbocycles. The number of nitrogens with one attached hydrogen (secondary N) is 1. The number of hydrogen-bond acceptors (Lipinski definition) is 3. The molecule has 1 heterocycles. The van der Waals surface area contributed by atoms with E-state index in [9.17, 15) is 4.79 Å². The third-order valence-electron chi connectivity index (χ3n) is 3.22. The Morgan fingerprint density at radius 3 is 3.10 bits per heavy atom. The van der Waals surface area contributed by atoms with Crippen molar-refractivity contribution in [3.63, 3.8) is 0 Å². The van der Waals surface area contributed by atoms with Crippen LogP contribution in [0.1, 0.15) is 34.3 Å². The first-order valence-electron chi connectivity index (χ1n) is 6.79. The van der Waals surface area contributed by atoms with Crippen LogP contribution in [-0.4, -0.2) is 36.9 Å². The van der Waals surface area contributed by atoms with E-state index in [1.165, 1.54) is 0 Å². The fourth-order valence-corrected chi connectivity index (χ4v) is 2.03. The van der Waals surface area contributed by atoms with Crippen LogP contribution in [0.25, 0.3) is 0 Å². The molecule has 1 fully saturated rings. The molecular formula is C16H19NO3. The zero-order chi connectivity index (χ0) is 14.4. The van der Waals surface area contributed by atoms with Crippen LogP contribution < -0.4 is 5.32 Å². The summed E-state index contributed by atoms with van der Waals surface area (Å²) in [4.78, 5) is 12.1. The second-order valence-electron chi connectivity index (χ2n) is 4.84. The molecule has 1 amide bonds.